The van der Waals surface area contributed by atoms with E-state index in [4.69, 9.17) is 0 Å². The molecule has 0 heterocycles. The molecule has 0 aliphatic heterocycles. The van der Waals surface area contributed by atoms with Gasteiger partial charge in [0.1, 0.15) is 0 Å². The Hall–Kier alpha value is 0.880. The fourth-order valence-electron chi connectivity index (χ4n) is 2.30. The number of unbranched alkanes of at least 4 members (excludes halogenated alkanes) is 6. The Morgan fingerprint density at radius 3 is 1.30 bits per heavy atom. The number of aliphatic hydroxyl groups excluding tert-OH is 2. The summed E-state index contributed by atoms with van der Waals surface area (Å²) in [6.45, 7) is 4.38. The van der Waals surface area contributed by atoms with Gasteiger partial charge in [0.25, 0.3) is 0 Å². The lowest BCUT2D eigenvalue weighted by Gasteiger charge is -2.26. The van der Waals surface area contributed by atoms with Crippen molar-refractivity contribution < 1.29 is 10.2 Å². The van der Waals surface area contributed by atoms with E-state index in [2.05, 4.69) is 45.7 Å². The van der Waals surface area contributed by atoms with Crippen molar-refractivity contribution in [2.24, 2.45) is 0 Å². The summed E-state index contributed by atoms with van der Waals surface area (Å²) in [5, 5.41) is 20.3. The van der Waals surface area contributed by atoms with Gasteiger partial charge < -0.3 is 10.2 Å². The van der Waals surface area contributed by atoms with Gasteiger partial charge in [0.2, 0.25) is 0 Å². The SMILES string of the molecule is CCCCCCC(O)C(Br)C(Br)C(O)CCCCCC. The number of hydrogen-bond acceptors (Lipinski definition) is 2. The predicted octanol–water partition coefficient (Wildman–Crippen LogP) is 5.18. The van der Waals surface area contributed by atoms with Crippen molar-refractivity contribution in [2.75, 3.05) is 0 Å². The Morgan fingerprint density at radius 1 is 0.650 bits per heavy atom. The van der Waals surface area contributed by atoms with Crippen molar-refractivity contribution in [3.8, 4) is 0 Å². The zero-order chi connectivity index (χ0) is 15.4. The topological polar surface area (TPSA) is 40.5 Å². The Labute approximate surface area is 142 Å². The molecule has 4 unspecified atom stereocenters. The molecule has 4 atom stereocenters. The van der Waals surface area contributed by atoms with Crippen LogP contribution in [-0.2, 0) is 0 Å². The number of alkyl halides is 2. The summed E-state index contributed by atoms with van der Waals surface area (Å²) in [6.07, 6.45) is 10.2. The van der Waals surface area contributed by atoms with E-state index in [0.29, 0.717) is 0 Å². The van der Waals surface area contributed by atoms with Gasteiger partial charge in [-0.1, -0.05) is 97.1 Å². The van der Waals surface area contributed by atoms with Crippen LogP contribution in [0.1, 0.15) is 78.1 Å². The average molecular weight is 416 g/mol. The van der Waals surface area contributed by atoms with Gasteiger partial charge >= 0.3 is 0 Å². The van der Waals surface area contributed by atoms with Crippen molar-refractivity contribution in [2.45, 2.75) is 99.9 Å². The fourth-order valence-corrected chi connectivity index (χ4v) is 3.54. The first kappa shape index (κ1) is 20.9. The second-order valence-electron chi connectivity index (χ2n) is 5.72. The van der Waals surface area contributed by atoms with Gasteiger partial charge in [-0.15, -0.1) is 0 Å². The molecular formula is C16H32Br2O2. The van der Waals surface area contributed by atoms with Gasteiger partial charge in [-0.3, -0.25) is 0 Å². The molecule has 20 heavy (non-hydrogen) atoms. The van der Waals surface area contributed by atoms with Crippen LogP contribution >= 0.6 is 31.9 Å². The van der Waals surface area contributed by atoms with Crippen LogP contribution in [0.5, 0.6) is 0 Å². The minimum atomic E-state index is -0.387. The molecule has 2 N–H and O–H groups in total. The van der Waals surface area contributed by atoms with Crippen molar-refractivity contribution in [1.82, 2.24) is 0 Å². The second kappa shape index (κ2) is 13.5. The van der Waals surface area contributed by atoms with Crippen LogP contribution in [0.15, 0.2) is 0 Å². The van der Waals surface area contributed by atoms with Crippen LogP contribution in [0, 0.1) is 0 Å². The Kier molecular flexibility index (Phi) is 14.1. The van der Waals surface area contributed by atoms with Gasteiger partial charge in [0.15, 0.2) is 0 Å². The molecule has 0 aliphatic rings. The van der Waals surface area contributed by atoms with E-state index in [9.17, 15) is 10.2 Å². The average Bonchev–Trinajstić information content (AvgIpc) is 2.46. The van der Waals surface area contributed by atoms with Gasteiger partial charge in [-0.05, 0) is 12.8 Å². The third kappa shape index (κ3) is 9.75. The predicted molar refractivity (Wildman–Crippen MR) is 95.0 cm³/mol. The number of aliphatic hydroxyl groups is 2. The molecule has 0 bridgehead atoms. The summed E-state index contributed by atoms with van der Waals surface area (Å²) < 4.78 is 0. The smallest absolute Gasteiger partial charge is 0.0677 e. The maximum absolute atomic E-state index is 10.2. The van der Waals surface area contributed by atoms with Gasteiger partial charge in [-0.2, -0.15) is 0 Å². The maximum Gasteiger partial charge on any atom is 0.0677 e. The molecule has 4 heteroatoms. The highest BCUT2D eigenvalue weighted by molar-refractivity contribution is 9.12. The summed E-state index contributed by atoms with van der Waals surface area (Å²) in [4.78, 5) is -0.157. The first-order valence-electron chi connectivity index (χ1n) is 8.18. The third-order valence-electron chi connectivity index (χ3n) is 3.75. The monoisotopic (exact) mass is 414 g/mol. The van der Waals surface area contributed by atoms with E-state index in [1.165, 1.54) is 38.5 Å². The Balaban J connectivity index is 3.88. The zero-order valence-corrected chi connectivity index (χ0v) is 16.2. The third-order valence-corrected chi connectivity index (χ3v) is 6.82. The Bertz CT molecular complexity index is 193. The molecular weight excluding hydrogens is 384 g/mol. The van der Waals surface area contributed by atoms with E-state index in [-0.39, 0.29) is 21.9 Å². The minimum absolute atomic E-state index is 0.0784. The Morgan fingerprint density at radius 2 is 1.00 bits per heavy atom. The van der Waals surface area contributed by atoms with Crippen LogP contribution in [0.3, 0.4) is 0 Å². The van der Waals surface area contributed by atoms with E-state index < -0.39 is 0 Å². The second-order valence-corrected chi connectivity index (χ2v) is 7.84. The molecule has 0 saturated carbocycles. The van der Waals surface area contributed by atoms with Crippen molar-refractivity contribution >= 4 is 31.9 Å². The lowest BCUT2D eigenvalue weighted by Crippen LogP contribution is -2.36. The van der Waals surface area contributed by atoms with E-state index in [1.54, 1.807) is 0 Å². The summed E-state index contributed by atoms with van der Waals surface area (Å²) in [5.41, 5.74) is 0. The zero-order valence-electron chi connectivity index (χ0n) is 13.0. The first-order chi connectivity index (χ1) is 9.54. The molecule has 0 aromatic carbocycles. The lowest BCUT2D eigenvalue weighted by molar-refractivity contribution is 0.115. The van der Waals surface area contributed by atoms with Crippen molar-refractivity contribution in [1.29, 1.82) is 0 Å². The summed E-state index contributed by atoms with van der Waals surface area (Å²) in [5.74, 6) is 0. The number of rotatable bonds is 13. The summed E-state index contributed by atoms with van der Waals surface area (Å²) >= 11 is 7.09. The largest absolute Gasteiger partial charge is 0.392 e. The molecule has 0 amide bonds. The lowest BCUT2D eigenvalue weighted by atomic mass is 10.0. The molecule has 122 valence electrons. The van der Waals surface area contributed by atoms with Crippen LogP contribution in [0.25, 0.3) is 0 Å². The van der Waals surface area contributed by atoms with E-state index in [0.717, 1.165) is 25.7 Å². The van der Waals surface area contributed by atoms with Crippen molar-refractivity contribution in [3.63, 3.8) is 0 Å². The van der Waals surface area contributed by atoms with Gasteiger partial charge in [-0.25, -0.2) is 0 Å². The molecule has 0 rings (SSSR count). The van der Waals surface area contributed by atoms with Crippen molar-refractivity contribution in [3.05, 3.63) is 0 Å². The van der Waals surface area contributed by atoms with Crippen LogP contribution in [-0.4, -0.2) is 32.1 Å². The van der Waals surface area contributed by atoms with Crippen LogP contribution < -0.4 is 0 Å². The highest BCUT2D eigenvalue weighted by Gasteiger charge is 2.28. The van der Waals surface area contributed by atoms with Crippen LogP contribution in [0.2, 0.25) is 0 Å². The highest BCUT2D eigenvalue weighted by Crippen LogP contribution is 2.26. The maximum atomic E-state index is 10.2. The number of hydrogen-bond donors (Lipinski definition) is 2. The quantitative estimate of drug-likeness (QED) is 0.321. The molecule has 0 aromatic heterocycles. The minimum Gasteiger partial charge on any atom is -0.392 e. The number of halogens is 2. The highest BCUT2D eigenvalue weighted by atomic mass is 79.9. The summed E-state index contributed by atoms with van der Waals surface area (Å²) in [6, 6.07) is 0. The molecule has 0 aliphatic carbocycles. The first-order valence-corrected chi connectivity index (χ1v) is 10.0. The molecule has 0 saturated heterocycles. The standard InChI is InChI=1S/C16H32Br2O2/c1-3-5-7-9-11-13(19)15(17)16(18)14(20)12-10-8-6-4-2/h13-16,19-20H,3-12H2,1-2H3. The van der Waals surface area contributed by atoms with Gasteiger partial charge in [0.05, 0.1) is 21.9 Å². The molecule has 0 radical (unpaired) electrons. The molecule has 0 spiro atoms. The molecule has 0 fully saturated rings. The molecule has 2 nitrogen and oxygen atoms in total. The van der Waals surface area contributed by atoms with E-state index >= 15 is 0 Å². The summed E-state index contributed by atoms with van der Waals surface area (Å²) in [7, 11) is 0. The van der Waals surface area contributed by atoms with Crippen LogP contribution in [0.4, 0.5) is 0 Å². The van der Waals surface area contributed by atoms with Gasteiger partial charge in [0, 0.05) is 0 Å². The molecule has 0 aromatic rings. The normalized spacial score (nSPS) is 17.7. The van der Waals surface area contributed by atoms with E-state index in [1.807, 2.05) is 0 Å². The fraction of sp³-hybridized carbons (Fsp3) is 1.00.